The van der Waals surface area contributed by atoms with E-state index in [-0.39, 0.29) is 0 Å². The van der Waals surface area contributed by atoms with Crippen LogP contribution in [0, 0.1) is 6.92 Å². The van der Waals surface area contributed by atoms with E-state index in [1.807, 2.05) is 12.1 Å². The van der Waals surface area contributed by atoms with Crippen molar-refractivity contribution in [2.75, 3.05) is 0 Å². The predicted octanol–water partition coefficient (Wildman–Crippen LogP) is 0.990. The van der Waals surface area contributed by atoms with Gasteiger partial charge in [0.25, 0.3) is 0 Å². The van der Waals surface area contributed by atoms with Crippen LogP contribution in [-0.2, 0) is 6.54 Å². The van der Waals surface area contributed by atoms with Crippen LogP contribution in [0.15, 0.2) is 16.5 Å². The Labute approximate surface area is 69.4 Å². The lowest BCUT2D eigenvalue weighted by Gasteiger charge is -1.91. The maximum absolute atomic E-state index is 5.42. The van der Waals surface area contributed by atoms with Crippen molar-refractivity contribution in [1.29, 1.82) is 0 Å². The molecule has 0 saturated heterocycles. The number of oxazole rings is 1. The fraction of sp³-hybridized carbons (Fsp3) is 0.250. The molecule has 62 valence electrons. The van der Waals surface area contributed by atoms with E-state index < -0.39 is 0 Å². The molecule has 2 aromatic rings. The molecule has 2 aromatic heterocycles. The first-order valence-electron chi connectivity index (χ1n) is 3.73. The fourth-order valence-corrected chi connectivity index (χ4v) is 1.08. The molecule has 2 heterocycles. The van der Waals surface area contributed by atoms with Crippen LogP contribution in [0.25, 0.3) is 11.2 Å². The normalized spacial score (nSPS) is 10.8. The number of pyridine rings is 1. The number of nitrogens with zero attached hydrogens (tertiary/aromatic N) is 2. The second-order valence-electron chi connectivity index (χ2n) is 2.56. The molecule has 0 saturated carbocycles. The van der Waals surface area contributed by atoms with E-state index >= 15 is 0 Å². The topological polar surface area (TPSA) is 64.9 Å². The third kappa shape index (κ3) is 1.06. The number of hydrogen-bond donors (Lipinski definition) is 1. The Bertz CT molecular complexity index is 408. The van der Waals surface area contributed by atoms with Gasteiger partial charge in [-0.3, -0.25) is 0 Å². The minimum absolute atomic E-state index is 0.426. The number of hydrogen-bond acceptors (Lipinski definition) is 4. The number of rotatable bonds is 1. The first-order valence-corrected chi connectivity index (χ1v) is 3.73. The average molecular weight is 163 g/mol. The molecule has 0 aliphatic rings. The summed E-state index contributed by atoms with van der Waals surface area (Å²) in [6.45, 7) is 2.22. The Kier molecular flexibility index (Phi) is 1.55. The smallest absolute Gasteiger partial charge is 0.247 e. The molecule has 0 fully saturated rings. The van der Waals surface area contributed by atoms with Crippen molar-refractivity contribution in [2.24, 2.45) is 5.73 Å². The van der Waals surface area contributed by atoms with E-state index in [2.05, 4.69) is 9.97 Å². The summed E-state index contributed by atoms with van der Waals surface area (Å²) in [5.74, 6) is 0.631. The zero-order valence-electron chi connectivity index (χ0n) is 6.74. The molecule has 4 heteroatoms. The van der Waals surface area contributed by atoms with Gasteiger partial charge in [-0.1, -0.05) is 0 Å². The quantitative estimate of drug-likeness (QED) is 0.680. The second kappa shape index (κ2) is 2.57. The summed E-state index contributed by atoms with van der Waals surface area (Å²) in [7, 11) is 0. The number of aromatic nitrogens is 2. The van der Waals surface area contributed by atoms with Crippen molar-refractivity contribution < 1.29 is 4.42 Å². The van der Waals surface area contributed by atoms with Crippen molar-refractivity contribution in [1.82, 2.24) is 9.97 Å². The lowest BCUT2D eigenvalue weighted by molar-refractivity contribution is 0.550. The third-order valence-corrected chi connectivity index (χ3v) is 1.63. The molecule has 0 radical (unpaired) electrons. The number of fused-ring (bicyclic) bond motifs is 1. The summed E-state index contributed by atoms with van der Waals surface area (Å²) < 4.78 is 5.23. The minimum atomic E-state index is 0.426. The van der Waals surface area contributed by atoms with Crippen LogP contribution in [0.4, 0.5) is 0 Å². The van der Waals surface area contributed by atoms with Gasteiger partial charge < -0.3 is 10.2 Å². The molecule has 0 atom stereocenters. The van der Waals surface area contributed by atoms with Gasteiger partial charge in [0.2, 0.25) is 5.71 Å². The summed E-state index contributed by atoms with van der Waals surface area (Å²) in [5.41, 5.74) is 7.59. The van der Waals surface area contributed by atoms with Crippen molar-refractivity contribution in [2.45, 2.75) is 13.5 Å². The maximum atomic E-state index is 5.42. The molecule has 0 spiro atoms. The first-order chi connectivity index (χ1) is 5.79. The standard InChI is InChI=1S/C8H9N3O/c1-5-10-7-3-2-6(4-9)11-8(7)12-5/h2-3H,4,9H2,1H3. The van der Waals surface area contributed by atoms with Gasteiger partial charge in [0.05, 0.1) is 5.69 Å². The van der Waals surface area contributed by atoms with Gasteiger partial charge in [-0.25, -0.2) is 9.97 Å². The van der Waals surface area contributed by atoms with Crippen molar-refractivity contribution in [3.8, 4) is 0 Å². The largest absolute Gasteiger partial charge is 0.423 e. The van der Waals surface area contributed by atoms with E-state index in [0.717, 1.165) is 11.2 Å². The monoisotopic (exact) mass is 163 g/mol. The molecule has 0 aliphatic heterocycles. The van der Waals surface area contributed by atoms with Gasteiger partial charge in [0.15, 0.2) is 5.89 Å². The Morgan fingerprint density at radius 2 is 2.25 bits per heavy atom. The van der Waals surface area contributed by atoms with Crippen LogP contribution in [-0.4, -0.2) is 9.97 Å². The molecule has 12 heavy (non-hydrogen) atoms. The van der Waals surface area contributed by atoms with Gasteiger partial charge in [-0.05, 0) is 12.1 Å². The van der Waals surface area contributed by atoms with Gasteiger partial charge in [0, 0.05) is 13.5 Å². The Balaban J connectivity index is 2.66. The molecule has 2 N–H and O–H groups in total. The minimum Gasteiger partial charge on any atom is -0.423 e. The van der Waals surface area contributed by atoms with Crippen molar-refractivity contribution in [3.63, 3.8) is 0 Å². The van der Waals surface area contributed by atoms with E-state index in [0.29, 0.717) is 18.1 Å². The van der Waals surface area contributed by atoms with E-state index in [9.17, 15) is 0 Å². The van der Waals surface area contributed by atoms with Gasteiger partial charge >= 0.3 is 0 Å². The highest BCUT2D eigenvalue weighted by atomic mass is 16.4. The second-order valence-corrected chi connectivity index (χ2v) is 2.56. The molecule has 0 aliphatic carbocycles. The van der Waals surface area contributed by atoms with Crippen LogP contribution in [0.3, 0.4) is 0 Å². The molecular formula is C8H9N3O. The summed E-state index contributed by atoms with van der Waals surface area (Å²) in [6.07, 6.45) is 0. The van der Waals surface area contributed by atoms with Crippen molar-refractivity contribution in [3.05, 3.63) is 23.7 Å². The van der Waals surface area contributed by atoms with Gasteiger partial charge in [0.1, 0.15) is 5.52 Å². The maximum Gasteiger partial charge on any atom is 0.247 e. The SMILES string of the molecule is Cc1nc2ccc(CN)nc2o1. The average Bonchev–Trinajstić information content (AvgIpc) is 2.43. The zero-order valence-corrected chi connectivity index (χ0v) is 6.74. The van der Waals surface area contributed by atoms with E-state index in [4.69, 9.17) is 10.2 Å². The fourth-order valence-electron chi connectivity index (χ4n) is 1.08. The van der Waals surface area contributed by atoms with Crippen LogP contribution in [0.5, 0.6) is 0 Å². The lowest BCUT2D eigenvalue weighted by atomic mass is 10.3. The van der Waals surface area contributed by atoms with Crippen LogP contribution in [0.1, 0.15) is 11.6 Å². The highest BCUT2D eigenvalue weighted by molar-refractivity contribution is 5.67. The summed E-state index contributed by atoms with van der Waals surface area (Å²) in [5, 5.41) is 0. The van der Waals surface area contributed by atoms with Gasteiger partial charge in [-0.2, -0.15) is 0 Å². The molecule has 0 aromatic carbocycles. The van der Waals surface area contributed by atoms with E-state index in [1.165, 1.54) is 0 Å². The zero-order chi connectivity index (χ0) is 8.55. The van der Waals surface area contributed by atoms with E-state index in [1.54, 1.807) is 6.92 Å². The van der Waals surface area contributed by atoms with Gasteiger partial charge in [-0.15, -0.1) is 0 Å². The highest BCUT2D eigenvalue weighted by Gasteiger charge is 2.02. The summed E-state index contributed by atoms with van der Waals surface area (Å²) in [4.78, 5) is 8.28. The summed E-state index contributed by atoms with van der Waals surface area (Å²) in [6, 6.07) is 3.71. The Morgan fingerprint density at radius 3 is 3.00 bits per heavy atom. The summed E-state index contributed by atoms with van der Waals surface area (Å²) >= 11 is 0. The third-order valence-electron chi connectivity index (χ3n) is 1.63. The highest BCUT2D eigenvalue weighted by Crippen LogP contribution is 2.12. The lowest BCUT2D eigenvalue weighted by Crippen LogP contribution is -1.98. The molecule has 0 unspecified atom stereocenters. The molecule has 2 rings (SSSR count). The molecule has 0 bridgehead atoms. The van der Waals surface area contributed by atoms with Crippen LogP contribution >= 0.6 is 0 Å². The predicted molar refractivity (Wildman–Crippen MR) is 44.4 cm³/mol. The number of nitrogens with two attached hydrogens (primary N) is 1. The molecule has 0 amide bonds. The van der Waals surface area contributed by atoms with Crippen LogP contribution < -0.4 is 5.73 Å². The Morgan fingerprint density at radius 1 is 1.42 bits per heavy atom. The first kappa shape index (κ1) is 7.24. The van der Waals surface area contributed by atoms with Crippen LogP contribution in [0.2, 0.25) is 0 Å². The molecule has 4 nitrogen and oxygen atoms in total. The number of aryl methyl sites for hydroxylation is 1. The Hall–Kier alpha value is -1.42. The molecular weight excluding hydrogens is 154 g/mol. The van der Waals surface area contributed by atoms with Crippen molar-refractivity contribution >= 4 is 11.2 Å².